The van der Waals surface area contributed by atoms with Crippen LogP contribution >= 0.6 is 12.2 Å². The van der Waals surface area contributed by atoms with Crippen LogP contribution in [0.25, 0.3) is 5.65 Å². The fourth-order valence-electron chi connectivity index (χ4n) is 2.46. The monoisotopic (exact) mass is 357 g/mol. The van der Waals surface area contributed by atoms with E-state index in [0.29, 0.717) is 17.1 Å². The van der Waals surface area contributed by atoms with E-state index < -0.39 is 0 Å². The van der Waals surface area contributed by atoms with Crippen molar-refractivity contribution in [2.45, 2.75) is 13.8 Å². The molecule has 0 bridgehead atoms. The zero-order valence-electron chi connectivity index (χ0n) is 13.6. The highest BCUT2D eigenvalue weighted by Gasteiger charge is 2.17. The lowest BCUT2D eigenvalue weighted by Gasteiger charge is -2.12. The van der Waals surface area contributed by atoms with Gasteiger partial charge < -0.3 is 5.32 Å². The first-order valence-electron chi connectivity index (χ1n) is 7.53. The predicted octanol–water partition coefficient (Wildman–Crippen LogP) is 2.72. The van der Waals surface area contributed by atoms with E-state index in [1.54, 1.807) is 29.7 Å². The zero-order chi connectivity index (χ0) is 18.0. The average molecular weight is 357 g/mol. The number of nitrogens with zero attached hydrogens (tertiary/aromatic N) is 2. The van der Waals surface area contributed by atoms with Crippen LogP contribution in [0.2, 0.25) is 0 Å². The minimum atomic E-state index is -0.362. The third-order valence-electron chi connectivity index (χ3n) is 3.63. The number of aryl methyl sites for hydroxylation is 2. The molecule has 0 saturated carbocycles. The number of carbonyl (C=O) groups is 1. The summed E-state index contributed by atoms with van der Waals surface area (Å²) in [4.78, 5) is 16.9. The molecule has 1 amide bonds. The van der Waals surface area contributed by atoms with Gasteiger partial charge in [-0.05, 0) is 62.0 Å². The lowest BCUT2D eigenvalue weighted by Crippen LogP contribution is -2.44. The molecule has 3 aromatic rings. The first-order valence-corrected chi connectivity index (χ1v) is 7.93. The summed E-state index contributed by atoms with van der Waals surface area (Å²) in [5.74, 6) is -0.699. The highest BCUT2D eigenvalue weighted by molar-refractivity contribution is 7.80. The van der Waals surface area contributed by atoms with Crippen LogP contribution in [0.3, 0.4) is 0 Å². The Bertz CT molecular complexity index is 952. The SMILES string of the molecule is Cc1nc2c(C)cccn2c1C(=O)NNC(=S)Nc1ccc(F)cc1. The molecule has 0 unspecified atom stereocenters. The van der Waals surface area contributed by atoms with Gasteiger partial charge in [-0.25, -0.2) is 9.37 Å². The summed E-state index contributed by atoms with van der Waals surface area (Å²) in [7, 11) is 0. The molecule has 0 fully saturated rings. The summed E-state index contributed by atoms with van der Waals surface area (Å²) >= 11 is 5.11. The highest BCUT2D eigenvalue weighted by Crippen LogP contribution is 2.15. The fourth-order valence-corrected chi connectivity index (χ4v) is 2.63. The van der Waals surface area contributed by atoms with Crippen molar-refractivity contribution in [2.75, 3.05) is 5.32 Å². The van der Waals surface area contributed by atoms with Crippen molar-refractivity contribution in [3.63, 3.8) is 0 Å². The van der Waals surface area contributed by atoms with Crippen LogP contribution in [-0.2, 0) is 0 Å². The van der Waals surface area contributed by atoms with Crippen molar-refractivity contribution in [1.29, 1.82) is 0 Å². The number of hydrazine groups is 1. The smallest absolute Gasteiger partial charge is 0.288 e. The summed E-state index contributed by atoms with van der Waals surface area (Å²) in [6.07, 6.45) is 1.78. The van der Waals surface area contributed by atoms with Crippen molar-refractivity contribution >= 4 is 34.6 Å². The first-order chi connectivity index (χ1) is 12.0. The maximum atomic E-state index is 12.9. The third kappa shape index (κ3) is 3.58. The quantitative estimate of drug-likeness (QED) is 0.486. The molecule has 0 aliphatic carbocycles. The van der Waals surface area contributed by atoms with Gasteiger partial charge in [0.25, 0.3) is 5.91 Å². The van der Waals surface area contributed by atoms with E-state index in [4.69, 9.17) is 12.2 Å². The highest BCUT2D eigenvalue weighted by atomic mass is 32.1. The van der Waals surface area contributed by atoms with E-state index in [1.807, 2.05) is 19.1 Å². The Morgan fingerprint density at radius 1 is 1.16 bits per heavy atom. The molecule has 0 radical (unpaired) electrons. The van der Waals surface area contributed by atoms with E-state index in [2.05, 4.69) is 21.2 Å². The lowest BCUT2D eigenvalue weighted by atomic mass is 10.3. The Labute approximate surface area is 149 Å². The molecule has 3 rings (SSSR count). The molecular weight excluding hydrogens is 341 g/mol. The largest absolute Gasteiger partial charge is 0.331 e. The number of pyridine rings is 1. The lowest BCUT2D eigenvalue weighted by molar-refractivity contribution is 0.0937. The number of thiocarbonyl (C=S) groups is 1. The number of halogens is 1. The number of amides is 1. The van der Waals surface area contributed by atoms with Crippen molar-refractivity contribution in [1.82, 2.24) is 20.2 Å². The second-order valence-electron chi connectivity index (χ2n) is 5.47. The second-order valence-corrected chi connectivity index (χ2v) is 5.88. The van der Waals surface area contributed by atoms with Gasteiger partial charge in [0.1, 0.15) is 17.2 Å². The Morgan fingerprint density at radius 3 is 2.60 bits per heavy atom. The Balaban J connectivity index is 1.68. The molecule has 0 aliphatic rings. The second kappa shape index (κ2) is 6.86. The van der Waals surface area contributed by atoms with Crippen LogP contribution in [0.4, 0.5) is 10.1 Å². The number of carbonyl (C=O) groups excluding carboxylic acids is 1. The zero-order valence-corrected chi connectivity index (χ0v) is 14.4. The minimum Gasteiger partial charge on any atom is -0.331 e. The maximum Gasteiger partial charge on any atom is 0.288 e. The average Bonchev–Trinajstić information content (AvgIpc) is 2.92. The van der Waals surface area contributed by atoms with Crippen LogP contribution in [0.5, 0.6) is 0 Å². The standard InChI is InChI=1S/C17H16FN5OS/c1-10-4-3-9-23-14(11(2)19-15(10)23)16(24)21-22-17(25)20-13-7-5-12(18)6-8-13/h3-9H,1-2H3,(H,21,24)(H2,20,22,25). The molecular formula is C17H16FN5OS. The maximum absolute atomic E-state index is 12.9. The van der Waals surface area contributed by atoms with Gasteiger partial charge in [-0.3, -0.25) is 20.0 Å². The van der Waals surface area contributed by atoms with E-state index in [9.17, 15) is 9.18 Å². The van der Waals surface area contributed by atoms with E-state index >= 15 is 0 Å². The first kappa shape index (κ1) is 16.8. The summed E-state index contributed by atoms with van der Waals surface area (Å²) in [5.41, 5.74) is 8.53. The summed E-state index contributed by atoms with van der Waals surface area (Å²) < 4.78 is 14.6. The fraction of sp³-hybridized carbons (Fsp3) is 0.118. The van der Waals surface area contributed by atoms with Gasteiger partial charge >= 0.3 is 0 Å². The Kier molecular flexibility index (Phi) is 4.62. The number of benzene rings is 1. The molecule has 2 heterocycles. The number of nitrogens with one attached hydrogen (secondary N) is 3. The number of imidazole rings is 1. The van der Waals surface area contributed by atoms with Gasteiger partial charge in [0, 0.05) is 11.9 Å². The molecule has 25 heavy (non-hydrogen) atoms. The number of rotatable bonds is 2. The predicted molar refractivity (Wildman–Crippen MR) is 97.9 cm³/mol. The van der Waals surface area contributed by atoms with Crippen LogP contribution in [0, 0.1) is 19.7 Å². The topological polar surface area (TPSA) is 70.5 Å². The number of aromatic nitrogens is 2. The molecule has 3 N–H and O–H groups in total. The molecule has 0 atom stereocenters. The van der Waals surface area contributed by atoms with Crippen molar-refractivity contribution < 1.29 is 9.18 Å². The minimum absolute atomic E-state index is 0.183. The third-order valence-corrected chi connectivity index (χ3v) is 3.83. The molecule has 0 aliphatic heterocycles. The molecule has 8 heteroatoms. The normalized spacial score (nSPS) is 10.5. The Hall–Kier alpha value is -3.00. The molecule has 6 nitrogen and oxygen atoms in total. The van der Waals surface area contributed by atoms with Gasteiger partial charge in [-0.2, -0.15) is 0 Å². The van der Waals surface area contributed by atoms with Crippen molar-refractivity contribution in [3.8, 4) is 0 Å². The number of hydrogen-bond acceptors (Lipinski definition) is 3. The summed E-state index contributed by atoms with van der Waals surface area (Å²) in [6, 6.07) is 9.50. The van der Waals surface area contributed by atoms with Crippen LogP contribution in [0.1, 0.15) is 21.7 Å². The van der Waals surface area contributed by atoms with Gasteiger partial charge in [0.05, 0.1) is 5.69 Å². The van der Waals surface area contributed by atoms with Gasteiger partial charge in [0.15, 0.2) is 5.11 Å². The van der Waals surface area contributed by atoms with Gasteiger partial charge in [-0.1, -0.05) is 6.07 Å². The van der Waals surface area contributed by atoms with Gasteiger partial charge in [0.2, 0.25) is 0 Å². The van der Waals surface area contributed by atoms with E-state index in [0.717, 1.165) is 11.2 Å². The summed E-state index contributed by atoms with van der Waals surface area (Å²) in [6.45, 7) is 3.71. The molecule has 128 valence electrons. The van der Waals surface area contributed by atoms with Crippen molar-refractivity contribution in [2.24, 2.45) is 0 Å². The molecule has 2 aromatic heterocycles. The number of anilines is 1. The Morgan fingerprint density at radius 2 is 1.88 bits per heavy atom. The summed E-state index contributed by atoms with van der Waals surface area (Å²) in [5, 5.41) is 3.03. The number of fused-ring (bicyclic) bond motifs is 1. The molecule has 0 spiro atoms. The van der Waals surface area contributed by atoms with E-state index in [1.165, 1.54) is 12.1 Å². The van der Waals surface area contributed by atoms with Crippen LogP contribution in [0.15, 0.2) is 42.6 Å². The van der Waals surface area contributed by atoms with E-state index in [-0.39, 0.29) is 16.8 Å². The van der Waals surface area contributed by atoms with Crippen molar-refractivity contribution in [3.05, 3.63) is 65.4 Å². The molecule has 1 aromatic carbocycles. The van der Waals surface area contributed by atoms with Gasteiger partial charge in [-0.15, -0.1) is 0 Å². The molecule has 0 saturated heterocycles. The van der Waals surface area contributed by atoms with Crippen LogP contribution in [-0.4, -0.2) is 20.4 Å². The van der Waals surface area contributed by atoms with Crippen LogP contribution < -0.4 is 16.2 Å². The number of hydrogen-bond donors (Lipinski definition) is 3.